The first-order valence-electron chi connectivity index (χ1n) is 7.03. The molecule has 0 aromatic carbocycles. The molecule has 110 valence electrons. The third-order valence-electron chi connectivity index (χ3n) is 3.45. The smallest absolute Gasteiger partial charge is 0.225 e. The second kappa shape index (κ2) is 6.39. The Bertz CT molecular complexity index is 562. The van der Waals surface area contributed by atoms with Crippen LogP contribution in [0, 0.1) is 0 Å². The van der Waals surface area contributed by atoms with E-state index >= 15 is 0 Å². The summed E-state index contributed by atoms with van der Waals surface area (Å²) in [5.41, 5.74) is 0. The number of pyridine rings is 1. The van der Waals surface area contributed by atoms with Gasteiger partial charge in [-0.1, -0.05) is 0 Å². The summed E-state index contributed by atoms with van der Waals surface area (Å²) < 4.78 is 11.0. The van der Waals surface area contributed by atoms with Gasteiger partial charge in [0.25, 0.3) is 0 Å². The second-order valence-electron chi connectivity index (χ2n) is 4.94. The quantitative estimate of drug-likeness (QED) is 0.856. The Morgan fingerprint density at radius 2 is 2.05 bits per heavy atom. The van der Waals surface area contributed by atoms with E-state index in [4.69, 9.17) is 9.47 Å². The average Bonchev–Trinajstić information content (AvgIpc) is 2.56. The lowest BCUT2D eigenvalue weighted by molar-refractivity contribution is 0.178. The Hall–Kier alpha value is -2.37. The van der Waals surface area contributed by atoms with Crippen molar-refractivity contribution in [3.05, 3.63) is 36.9 Å². The molecule has 1 atom stereocenters. The fourth-order valence-electron chi connectivity index (χ4n) is 2.40. The minimum absolute atomic E-state index is 0.133. The lowest BCUT2D eigenvalue weighted by Crippen LogP contribution is -2.42. The van der Waals surface area contributed by atoms with Gasteiger partial charge in [-0.2, -0.15) is 0 Å². The van der Waals surface area contributed by atoms with Crippen LogP contribution in [-0.4, -0.2) is 41.3 Å². The van der Waals surface area contributed by atoms with Gasteiger partial charge < -0.3 is 14.4 Å². The number of anilines is 1. The van der Waals surface area contributed by atoms with Gasteiger partial charge in [-0.25, -0.2) is 9.97 Å². The molecule has 2 aromatic rings. The highest BCUT2D eigenvalue weighted by molar-refractivity contribution is 5.32. The molecule has 1 aliphatic heterocycles. The van der Waals surface area contributed by atoms with E-state index in [-0.39, 0.29) is 6.10 Å². The van der Waals surface area contributed by atoms with Crippen molar-refractivity contribution in [1.82, 2.24) is 15.0 Å². The molecule has 6 nitrogen and oxygen atoms in total. The maximum Gasteiger partial charge on any atom is 0.225 e. The van der Waals surface area contributed by atoms with Gasteiger partial charge in [0.15, 0.2) is 5.75 Å². The number of rotatable bonds is 4. The summed E-state index contributed by atoms with van der Waals surface area (Å²) in [6.45, 7) is 1.72. The first-order chi connectivity index (χ1) is 10.3. The molecule has 21 heavy (non-hydrogen) atoms. The molecule has 6 heteroatoms. The van der Waals surface area contributed by atoms with Crippen molar-refractivity contribution >= 4 is 5.95 Å². The number of nitrogens with zero attached hydrogens (tertiary/aromatic N) is 4. The van der Waals surface area contributed by atoms with E-state index in [1.54, 1.807) is 31.9 Å². The predicted octanol–water partition coefficient (Wildman–Crippen LogP) is 1.93. The summed E-state index contributed by atoms with van der Waals surface area (Å²) in [6.07, 6.45) is 9.08. The number of methoxy groups -OCH3 is 1. The Morgan fingerprint density at radius 1 is 1.19 bits per heavy atom. The minimum Gasteiger partial charge on any atom is -0.494 e. The molecule has 0 N–H and O–H groups in total. The third-order valence-corrected chi connectivity index (χ3v) is 3.45. The molecule has 1 fully saturated rings. The van der Waals surface area contributed by atoms with Crippen molar-refractivity contribution in [2.24, 2.45) is 0 Å². The molecular weight excluding hydrogens is 268 g/mol. The van der Waals surface area contributed by atoms with Crippen molar-refractivity contribution in [3.63, 3.8) is 0 Å². The van der Waals surface area contributed by atoms with Crippen LogP contribution in [0.4, 0.5) is 5.95 Å². The molecule has 1 saturated heterocycles. The summed E-state index contributed by atoms with van der Waals surface area (Å²) >= 11 is 0. The lowest BCUT2D eigenvalue weighted by atomic mass is 10.1. The highest BCUT2D eigenvalue weighted by Gasteiger charge is 2.23. The first kappa shape index (κ1) is 13.6. The van der Waals surface area contributed by atoms with E-state index in [2.05, 4.69) is 19.9 Å². The monoisotopic (exact) mass is 286 g/mol. The molecule has 3 heterocycles. The fourth-order valence-corrected chi connectivity index (χ4v) is 2.40. The van der Waals surface area contributed by atoms with E-state index < -0.39 is 0 Å². The highest BCUT2D eigenvalue weighted by atomic mass is 16.5. The van der Waals surface area contributed by atoms with Crippen LogP contribution in [0.1, 0.15) is 12.8 Å². The van der Waals surface area contributed by atoms with Crippen LogP contribution >= 0.6 is 0 Å². The van der Waals surface area contributed by atoms with Crippen molar-refractivity contribution in [1.29, 1.82) is 0 Å². The molecule has 2 aromatic heterocycles. The molecule has 0 aliphatic carbocycles. The Morgan fingerprint density at radius 3 is 2.76 bits per heavy atom. The van der Waals surface area contributed by atoms with Gasteiger partial charge in [0, 0.05) is 12.7 Å². The van der Waals surface area contributed by atoms with Gasteiger partial charge in [0.2, 0.25) is 5.95 Å². The molecule has 0 amide bonds. The van der Waals surface area contributed by atoms with Crippen molar-refractivity contribution < 1.29 is 9.47 Å². The van der Waals surface area contributed by atoms with E-state index in [0.717, 1.165) is 37.6 Å². The summed E-state index contributed by atoms with van der Waals surface area (Å²) in [4.78, 5) is 14.9. The normalized spacial score (nSPS) is 18.3. The molecular formula is C15H18N4O2. The van der Waals surface area contributed by atoms with Crippen LogP contribution in [0.15, 0.2) is 36.9 Å². The van der Waals surface area contributed by atoms with Crippen molar-refractivity contribution in [3.8, 4) is 11.5 Å². The van der Waals surface area contributed by atoms with Gasteiger partial charge in [-0.05, 0) is 25.0 Å². The Kier molecular flexibility index (Phi) is 4.14. The van der Waals surface area contributed by atoms with E-state index in [1.807, 2.05) is 12.1 Å². The summed E-state index contributed by atoms with van der Waals surface area (Å²) in [7, 11) is 1.61. The summed E-state index contributed by atoms with van der Waals surface area (Å²) in [5, 5.41) is 0. The largest absolute Gasteiger partial charge is 0.494 e. The van der Waals surface area contributed by atoms with Crippen molar-refractivity contribution in [2.75, 3.05) is 25.1 Å². The summed E-state index contributed by atoms with van der Waals surface area (Å²) in [5.74, 6) is 2.19. The molecule has 0 saturated carbocycles. The van der Waals surface area contributed by atoms with E-state index in [0.29, 0.717) is 5.75 Å². The van der Waals surface area contributed by atoms with Gasteiger partial charge in [0.1, 0.15) is 11.9 Å². The van der Waals surface area contributed by atoms with Crippen LogP contribution in [0.2, 0.25) is 0 Å². The maximum atomic E-state index is 5.97. The van der Waals surface area contributed by atoms with Crippen LogP contribution in [-0.2, 0) is 0 Å². The molecule has 0 bridgehead atoms. The second-order valence-corrected chi connectivity index (χ2v) is 4.94. The van der Waals surface area contributed by atoms with Gasteiger partial charge in [-0.3, -0.25) is 4.98 Å². The SMILES string of the molecule is COc1cnc(N2CCCC(Oc3cccnc3)C2)nc1. The van der Waals surface area contributed by atoms with Crippen LogP contribution in [0.25, 0.3) is 0 Å². The molecule has 3 rings (SSSR count). The van der Waals surface area contributed by atoms with E-state index in [1.165, 1.54) is 0 Å². The van der Waals surface area contributed by atoms with Crippen LogP contribution in [0.3, 0.4) is 0 Å². The van der Waals surface area contributed by atoms with Gasteiger partial charge in [-0.15, -0.1) is 0 Å². The van der Waals surface area contributed by atoms with Crippen molar-refractivity contribution in [2.45, 2.75) is 18.9 Å². The topological polar surface area (TPSA) is 60.4 Å². The molecule has 1 unspecified atom stereocenters. The predicted molar refractivity (Wildman–Crippen MR) is 78.7 cm³/mol. The fraction of sp³-hybridized carbons (Fsp3) is 0.400. The Balaban J connectivity index is 1.64. The van der Waals surface area contributed by atoms with E-state index in [9.17, 15) is 0 Å². The zero-order valence-corrected chi connectivity index (χ0v) is 12.0. The van der Waals surface area contributed by atoms with Gasteiger partial charge >= 0.3 is 0 Å². The lowest BCUT2D eigenvalue weighted by Gasteiger charge is -2.32. The molecule has 1 aliphatic rings. The number of ether oxygens (including phenoxy) is 2. The first-order valence-corrected chi connectivity index (χ1v) is 7.03. The van der Waals surface area contributed by atoms with Crippen LogP contribution in [0.5, 0.6) is 11.5 Å². The zero-order valence-electron chi connectivity index (χ0n) is 12.0. The zero-order chi connectivity index (χ0) is 14.5. The molecule has 0 spiro atoms. The minimum atomic E-state index is 0.133. The van der Waals surface area contributed by atoms with Gasteiger partial charge in [0.05, 0.1) is 32.2 Å². The number of hydrogen-bond donors (Lipinski definition) is 0. The number of piperidine rings is 1. The maximum absolute atomic E-state index is 5.97. The molecule has 0 radical (unpaired) electrons. The number of aromatic nitrogens is 3. The third kappa shape index (κ3) is 3.39. The Labute approximate surface area is 123 Å². The highest BCUT2D eigenvalue weighted by Crippen LogP contribution is 2.20. The van der Waals surface area contributed by atoms with Crippen LogP contribution < -0.4 is 14.4 Å². The summed E-state index contributed by atoms with van der Waals surface area (Å²) in [6, 6.07) is 3.80. The standard InChI is InChI=1S/C15H18N4O2/c1-20-14-9-17-15(18-10-14)19-7-3-5-13(11-19)21-12-4-2-6-16-8-12/h2,4,6,8-10,13H,3,5,7,11H2,1H3. The average molecular weight is 286 g/mol. The number of hydrogen-bond acceptors (Lipinski definition) is 6.